The Morgan fingerprint density at radius 3 is 1.63 bits per heavy atom. The molecule has 0 saturated heterocycles. The van der Waals surface area contributed by atoms with Crippen LogP contribution in [0.3, 0.4) is 0 Å². The molecular weight excluding hydrogens is 955 g/mol. The third-order valence-electron chi connectivity index (χ3n) is 6.09. The number of nitrogen functional groups attached to an aromatic ring is 1. The lowest BCUT2D eigenvalue weighted by molar-refractivity contribution is -0.155. The van der Waals surface area contributed by atoms with Crippen molar-refractivity contribution in [1.29, 1.82) is 5.26 Å². The highest BCUT2D eigenvalue weighted by Crippen LogP contribution is 2.34. The Hall–Kier alpha value is -2.12. The van der Waals surface area contributed by atoms with Gasteiger partial charge in [-0.25, -0.2) is 0 Å². The maximum atomic E-state index is 12.0. The molecule has 19 heteroatoms. The van der Waals surface area contributed by atoms with Crippen LogP contribution in [0, 0.1) is 42.6 Å². The molecule has 280 valence electrons. The highest BCUT2D eigenvalue weighted by Gasteiger charge is 2.31. The molecule has 3 N–H and O–H groups in total. The molecule has 4 rings (SSSR count). The molecule has 0 fully saturated rings. The van der Waals surface area contributed by atoms with Gasteiger partial charge in [-0.15, -0.1) is 0 Å². The van der Waals surface area contributed by atoms with E-state index in [1.807, 2.05) is 13.0 Å². The van der Waals surface area contributed by atoms with Crippen molar-refractivity contribution in [2.45, 2.75) is 66.4 Å². The van der Waals surface area contributed by atoms with Crippen molar-refractivity contribution in [2.75, 3.05) is 5.73 Å². The van der Waals surface area contributed by atoms with Crippen LogP contribution in [0.4, 0.5) is 5.69 Å². The van der Waals surface area contributed by atoms with Crippen molar-refractivity contribution in [1.82, 2.24) is 19.9 Å². The molecule has 0 aliphatic heterocycles. The summed E-state index contributed by atoms with van der Waals surface area (Å²) in [5, 5.41) is 20.9. The summed E-state index contributed by atoms with van der Waals surface area (Å²) in [6.07, 6.45) is 5.68. The fraction of sp³-hybridized carbons (Fsp3) is 0.303. The van der Waals surface area contributed by atoms with E-state index in [2.05, 4.69) is 42.5 Å². The second kappa shape index (κ2) is 21.7. The normalized spacial score (nSPS) is 11.0. The van der Waals surface area contributed by atoms with Gasteiger partial charge in [0.1, 0.15) is 5.60 Å². The van der Waals surface area contributed by atoms with Crippen LogP contribution in [0.15, 0.2) is 24.8 Å². The van der Waals surface area contributed by atoms with Gasteiger partial charge >= 0.3 is 11.9 Å². The van der Waals surface area contributed by atoms with Crippen LogP contribution < -0.4 is 5.73 Å². The molecule has 52 heavy (non-hydrogen) atoms. The van der Waals surface area contributed by atoms with Crippen molar-refractivity contribution < 1.29 is 19.4 Å². The topological polar surface area (TPSA) is 165 Å². The van der Waals surface area contributed by atoms with Crippen LogP contribution in [0.1, 0.15) is 60.6 Å². The van der Waals surface area contributed by atoms with Gasteiger partial charge in [-0.2, -0.15) is 5.26 Å². The Bertz CT molecular complexity index is 1860. The molecule has 0 aliphatic rings. The van der Waals surface area contributed by atoms with Crippen LogP contribution in [-0.4, -0.2) is 42.6 Å². The molecule has 4 aromatic rings. The molecule has 4 aromatic heterocycles. The number of carboxylic acid groups (broad SMARTS) is 1. The van der Waals surface area contributed by atoms with Crippen LogP contribution in [0.25, 0.3) is 0 Å². The van der Waals surface area contributed by atoms with Gasteiger partial charge in [0, 0.05) is 35.9 Å². The van der Waals surface area contributed by atoms with Crippen molar-refractivity contribution in [2.24, 2.45) is 0 Å². The number of aliphatic carboxylic acids is 1. The fourth-order valence-electron chi connectivity index (χ4n) is 3.47. The molecular formula is C33H31Cl8IN6O4. The molecule has 0 amide bonds. The smallest absolute Gasteiger partial charge is 0.328 e. The quantitative estimate of drug-likeness (QED) is 0.148. The van der Waals surface area contributed by atoms with Gasteiger partial charge in [0.15, 0.2) is 5.92 Å². The summed E-state index contributed by atoms with van der Waals surface area (Å²) in [4.78, 5) is 38.2. The first-order chi connectivity index (χ1) is 23.9. The SMILES string of the molecule is Cc1ncc(Cl)c(C(C#N)C(=O)OC(C)(C)C)c1Cl.Cc1ncc(Cl)c(CC(=O)O)c1Cl.Cc1ncc(Cl)c(I)c1Cl.Cc1ncc(Cl)c(N)c1Cl. The van der Waals surface area contributed by atoms with E-state index >= 15 is 0 Å². The zero-order valence-electron chi connectivity index (χ0n) is 28.5. The van der Waals surface area contributed by atoms with Gasteiger partial charge in [-0.05, 0) is 71.1 Å². The second-order valence-corrected chi connectivity index (χ2v) is 15.5. The average Bonchev–Trinajstić information content (AvgIpc) is 3.06. The third kappa shape index (κ3) is 14.6. The van der Waals surface area contributed by atoms with Crippen LogP contribution in [0.5, 0.6) is 0 Å². The highest BCUT2D eigenvalue weighted by molar-refractivity contribution is 14.1. The number of nitrogens with two attached hydrogens (primary N) is 1. The summed E-state index contributed by atoms with van der Waals surface area (Å²) in [5.74, 6) is -2.81. The molecule has 0 bridgehead atoms. The first-order valence-electron chi connectivity index (χ1n) is 14.4. The Morgan fingerprint density at radius 1 is 0.769 bits per heavy atom. The van der Waals surface area contributed by atoms with Gasteiger partial charge in [0.05, 0.1) is 84.7 Å². The number of ether oxygens (including phenoxy) is 1. The standard InChI is InChI=1S/C13H14Cl2N2O2.C8H7Cl2NO2.C6H4Cl2IN.C6H6Cl2N2/c1-7-11(15)10(9(14)6-17-7)8(5-16)12(18)19-13(2,3)4;1-4-8(10)5(2-7(12)13)6(9)3-11-4;2*1-3-5(8)6(9)4(7)2-10-3/h6,8H,1-4H3;3H,2H2,1H3,(H,12,13);2H,1H3;2H,1H3,(H2,9,10). The monoisotopic (exact) mass is 982 g/mol. The Balaban J connectivity index is 0.000000360. The maximum Gasteiger partial charge on any atom is 0.328 e. The van der Waals surface area contributed by atoms with Crippen molar-refractivity contribution in [3.8, 4) is 6.07 Å². The van der Waals surface area contributed by atoms with Gasteiger partial charge in [0.2, 0.25) is 0 Å². The summed E-state index contributed by atoms with van der Waals surface area (Å²) in [5.41, 5.74) is 8.46. The number of anilines is 1. The fourth-order valence-corrected chi connectivity index (χ4v) is 5.72. The molecule has 0 spiro atoms. The zero-order valence-corrected chi connectivity index (χ0v) is 36.7. The highest BCUT2D eigenvalue weighted by atomic mass is 127. The first kappa shape index (κ1) is 47.9. The van der Waals surface area contributed by atoms with E-state index in [1.165, 1.54) is 18.6 Å². The molecule has 0 aliphatic carbocycles. The molecule has 0 radical (unpaired) electrons. The predicted octanol–water partition coefficient (Wildman–Crippen LogP) is 11.6. The summed E-state index contributed by atoms with van der Waals surface area (Å²) in [7, 11) is 0. The number of halogens is 9. The Labute approximate surface area is 355 Å². The van der Waals surface area contributed by atoms with E-state index in [-0.39, 0.29) is 27.1 Å². The minimum Gasteiger partial charge on any atom is -0.481 e. The Morgan fingerprint density at radius 2 is 1.19 bits per heavy atom. The number of carbonyl (C=O) groups excluding carboxylic acids is 1. The van der Waals surface area contributed by atoms with Crippen molar-refractivity contribution in [3.05, 3.63) is 102 Å². The van der Waals surface area contributed by atoms with Crippen molar-refractivity contribution in [3.63, 3.8) is 0 Å². The first-order valence-corrected chi connectivity index (χ1v) is 18.5. The van der Waals surface area contributed by atoms with Crippen LogP contribution in [-0.2, 0) is 20.7 Å². The number of hydrogen-bond donors (Lipinski definition) is 2. The number of aromatic nitrogens is 4. The number of hydrogen-bond acceptors (Lipinski definition) is 9. The van der Waals surface area contributed by atoms with Crippen molar-refractivity contribution >= 4 is 133 Å². The van der Waals surface area contributed by atoms with Crippen LogP contribution in [0.2, 0.25) is 40.2 Å². The number of nitrogens with zero attached hydrogens (tertiary/aromatic N) is 5. The third-order valence-corrected chi connectivity index (χ3v) is 11.0. The molecule has 4 heterocycles. The number of nitriles is 1. The van der Waals surface area contributed by atoms with E-state index in [9.17, 15) is 14.9 Å². The lowest BCUT2D eigenvalue weighted by atomic mass is 10.0. The predicted molar refractivity (Wildman–Crippen MR) is 219 cm³/mol. The number of carbonyl (C=O) groups is 2. The van der Waals surface area contributed by atoms with E-state index in [1.54, 1.807) is 47.7 Å². The maximum absolute atomic E-state index is 12.0. The van der Waals surface area contributed by atoms with E-state index in [4.69, 9.17) is 108 Å². The minimum atomic E-state index is -1.17. The Kier molecular flexibility index (Phi) is 20.0. The van der Waals surface area contributed by atoms with E-state index in [0.29, 0.717) is 53.4 Å². The largest absolute Gasteiger partial charge is 0.481 e. The lowest BCUT2D eigenvalue weighted by Crippen LogP contribution is -2.27. The number of aryl methyl sites for hydroxylation is 4. The second-order valence-electron chi connectivity index (χ2n) is 11.3. The summed E-state index contributed by atoms with van der Waals surface area (Å²) in [6, 6.07) is 1.88. The summed E-state index contributed by atoms with van der Waals surface area (Å²) in [6.45, 7) is 12.2. The number of pyridine rings is 4. The van der Waals surface area contributed by atoms with Gasteiger partial charge in [-0.3, -0.25) is 29.5 Å². The molecule has 1 unspecified atom stereocenters. The molecule has 1 atom stereocenters. The average molecular weight is 986 g/mol. The van der Waals surface area contributed by atoms with Gasteiger partial charge in [0.25, 0.3) is 0 Å². The molecule has 0 saturated carbocycles. The minimum absolute atomic E-state index is 0.174. The summed E-state index contributed by atoms with van der Waals surface area (Å²) < 4.78 is 6.06. The van der Waals surface area contributed by atoms with Gasteiger partial charge in [-0.1, -0.05) is 92.8 Å². The van der Waals surface area contributed by atoms with E-state index in [0.717, 1.165) is 9.26 Å². The lowest BCUT2D eigenvalue weighted by Gasteiger charge is -2.22. The van der Waals surface area contributed by atoms with Crippen LogP contribution >= 0.6 is 115 Å². The number of carboxylic acids is 1. The number of rotatable bonds is 4. The zero-order chi connectivity index (χ0) is 40.2. The summed E-state index contributed by atoms with van der Waals surface area (Å²) >= 11 is 48.6. The van der Waals surface area contributed by atoms with Gasteiger partial charge < -0.3 is 15.6 Å². The molecule has 10 nitrogen and oxygen atoms in total. The number of esters is 1. The van der Waals surface area contributed by atoms with E-state index < -0.39 is 23.5 Å². The molecule has 0 aromatic carbocycles.